The molecule has 0 aliphatic heterocycles. The molecule has 1 aromatic carbocycles. The smallest absolute Gasteiger partial charge is 0.413 e. The molecule has 0 aliphatic rings. The number of nitrogens with one attached hydrogen (secondary N) is 1. The zero-order chi connectivity index (χ0) is 18.8. The maximum atomic E-state index is 11.5. The van der Waals surface area contributed by atoms with Crippen LogP contribution in [0, 0.1) is 0 Å². The third-order valence-electron chi connectivity index (χ3n) is 3.79. The van der Waals surface area contributed by atoms with Gasteiger partial charge in [0.25, 0.3) is 0 Å². The first-order valence-corrected chi connectivity index (χ1v) is 9.59. The highest BCUT2D eigenvalue weighted by Gasteiger charge is 2.17. The molecule has 0 saturated heterocycles. The van der Waals surface area contributed by atoms with Crippen molar-refractivity contribution < 1.29 is 14.3 Å². The van der Waals surface area contributed by atoms with Crippen LogP contribution in [0.1, 0.15) is 0 Å². The molecule has 0 atom stereocenters. The lowest BCUT2D eigenvalue weighted by Gasteiger charge is -2.03. The van der Waals surface area contributed by atoms with Gasteiger partial charge in [-0.05, 0) is 24.3 Å². The lowest BCUT2D eigenvalue weighted by molar-refractivity contribution is 0.187. The zero-order valence-electron chi connectivity index (χ0n) is 14.4. The molecule has 0 unspecified atom stereocenters. The quantitative estimate of drug-likeness (QED) is 0.538. The van der Waals surface area contributed by atoms with Crippen molar-refractivity contribution in [1.82, 2.24) is 15.0 Å². The SMILES string of the molecule is COC(=O)Nc1nc2c(OC)ccc(-c3csc(-c4ccccn4)n3)c2s1. The van der Waals surface area contributed by atoms with Crippen molar-refractivity contribution in [2.45, 2.75) is 0 Å². The lowest BCUT2D eigenvalue weighted by Crippen LogP contribution is -2.10. The Kier molecular flexibility index (Phi) is 4.69. The second-order valence-electron chi connectivity index (χ2n) is 5.38. The van der Waals surface area contributed by atoms with Crippen LogP contribution >= 0.6 is 22.7 Å². The van der Waals surface area contributed by atoms with E-state index in [2.05, 4.69) is 20.0 Å². The van der Waals surface area contributed by atoms with Crippen LogP contribution in [-0.2, 0) is 4.74 Å². The fraction of sp³-hybridized carbons (Fsp3) is 0.111. The molecular formula is C18H14N4O3S2. The van der Waals surface area contributed by atoms with Crippen molar-refractivity contribution in [3.63, 3.8) is 0 Å². The predicted octanol–water partition coefficient (Wildman–Crippen LogP) is 4.67. The van der Waals surface area contributed by atoms with E-state index in [-0.39, 0.29) is 0 Å². The molecule has 3 aromatic heterocycles. The molecule has 0 fully saturated rings. The van der Waals surface area contributed by atoms with Crippen LogP contribution < -0.4 is 10.1 Å². The molecule has 0 aliphatic carbocycles. The van der Waals surface area contributed by atoms with Gasteiger partial charge < -0.3 is 9.47 Å². The molecule has 1 N–H and O–H groups in total. The van der Waals surface area contributed by atoms with Crippen LogP contribution in [0.3, 0.4) is 0 Å². The molecule has 0 radical (unpaired) electrons. The van der Waals surface area contributed by atoms with Gasteiger partial charge in [0.05, 0.1) is 30.3 Å². The standard InChI is InChI=1S/C18H14N4O3S2/c1-24-13-7-6-10(15-14(13)21-17(27-15)22-18(23)25-2)12-9-26-16(20-12)11-5-3-4-8-19-11/h3-9H,1-2H3,(H,21,22,23). The summed E-state index contributed by atoms with van der Waals surface area (Å²) in [5.74, 6) is 0.628. The van der Waals surface area contributed by atoms with Crippen molar-refractivity contribution in [2.75, 3.05) is 19.5 Å². The second-order valence-corrected chi connectivity index (χ2v) is 7.24. The van der Waals surface area contributed by atoms with Gasteiger partial charge >= 0.3 is 6.09 Å². The van der Waals surface area contributed by atoms with E-state index in [9.17, 15) is 4.79 Å². The highest BCUT2D eigenvalue weighted by molar-refractivity contribution is 7.23. The van der Waals surface area contributed by atoms with Crippen molar-refractivity contribution in [3.8, 4) is 27.7 Å². The number of nitrogens with zero attached hydrogens (tertiary/aromatic N) is 3. The number of ether oxygens (including phenoxy) is 2. The molecule has 3 heterocycles. The summed E-state index contributed by atoms with van der Waals surface area (Å²) in [6, 6.07) is 9.52. The third-order valence-corrected chi connectivity index (χ3v) is 5.65. The van der Waals surface area contributed by atoms with Gasteiger partial charge in [0.1, 0.15) is 16.3 Å². The molecule has 9 heteroatoms. The average molecular weight is 398 g/mol. The molecule has 0 bridgehead atoms. The van der Waals surface area contributed by atoms with Gasteiger partial charge in [-0.1, -0.05) is 17.4 Å². The first kappa shape index (κ1) is 17.4. The van der Waals surface area contributed by atoms with Crippen molar-refractivity contribution in [3.05, 3.63) is 41.9 Å². The summed E-state index contributed by atoms with van der Waals surface area (Å²) in [5, 5.41) is 5.86. The van der Waals surface area contributed by atoms with E-state index < -0.39 is 6.09 Å². The fourth-order valence-corrected chi connectivity index (χ4v) is 4.33. The number of carbonyl (C=O) groups is 1. The fourth-order valence-electron chi connectivity index (χ4n) is 2.55. The number of anilines is 1. The van der Waals surface area contributed by atoms with Gasteiger partial charge in [-0.15, -0.1) is 11.3 Å². The van der Waals surface area contributed by atoms with Crippen LogP contribution in [0.25, 0.3) is 32.2 Å². The molecule has 1 amide bonds. The van der Waals surface area contributed by atoms with E-state index in [0.29, 0.717) is 16.4 Å². The molecule has 136 valence electrons. The average Bonchev–Trinajstić information content (AvgIpc) is 3.35. The number of rotatable bonds is 4. The first-order chi connectivity index (χ1) is 13.2. The lowest BCUT2D eigenvalue weighted by atomic mass is 10.1. The third kappa shape index (κ3) is 3.34. The topological polar surface area (TPSA) is 86.2 Å². The Morgan fingerprint density at radius 1 is 1.11 bits per heavy atom. The van der Waals surface area contributed by atoms with E-state index in [4.69, 9.17) is 9.72 Å². The highest BCUT2D eigenvalue weighted by atomic mass is 32.1. The van der Waals surface area contributed by atoms with Gasteiger partial charge in [0.15, 0.2) is 5.13 Å². The van der Waals surface area contributed by atoms with Crippen LogP contribution in [0.15, 0.2) is 41.9 Å². The number of aromatic nitrogens is 3. The summed E-state index contributed by atoms with van der Waals surface area (Å²) < 4.78 is 10.9. The van der Waals surface area contributed by atoms with E-state index >= 15 is 0 Å². The Hall–Kier alpha value is -3.04. The normalized spacial score (nSPS) is 10.7. The van der Waals surface area contributed by atoms with Crippen molar-refractivity contribution in [1.29, 1.82) is 0 Å². The van der Waals surface area contributed by atoms with Crippen LogP contribution in [0.5, 0.6) is 5.75 Å². The van der Waals surface area contributed by atoms with Gasteiger partial charge in [0.2, 0.25) is 0 Å². The number of carbonyl (C=O) groups excluding carboxylic acids is 1. The highest BCUT2D eigenvalue weighted by Crippen LogP contribution is 2.40. The number of pyridine rings is 1. The van der Waals surface area contributed by atoms with E-state index in [1.807, 2.05) is 35.7 Å². The Bertz CT molecular complexity index is 1110. The van der Waals surface area contributed by atoms with Gasteiger partial charge in [0, 0.05) is 17.1 Å². The largest absolute Gasteiger partial charge is 0.494 e. The summed E-state index contributed by atoms with van der Waals surface area (Å²) in [6.45, 7) is 0. The monoisotopic (exact) mass is 398 g/mol. The molecule has 27 heavy (non-hydrogen) atoms. The maximum Gasteiger partial charge on any atom is 0.413 e. The van der Waals surface area contributed by atoms with Gasteiger partial charge in [-0.25, -0.2) is 14.8 Å². The summed E-state index contributed by atoms with van der Waals surface area (Å²) in [6.07, 6.45) is 1.18. The minimum absolute atomic E-state index is 0.433. The zero-order valence-corrected chi connectivity index (χ0v) is 16.1. The van der Waals surface area contributed by atoms with E-state index in [1.165, 1.54) is 29.8 Å². The van der Waals surface area contributed by atoms with Gasteiger partial charge in [-0.3, -0.25) is 10.3 Å². The number of hydrogen-bond donors (Lipinski definition) is 1. The van der Waals surface area contributed by atoms with Crippen molar-refractivity contribution >= 4 is 44.1 Å². The molecule has 0 saturated carbocycles. The summed E-state index contributed by atoms with van der Waals surface area (Å²) >= 11 is 2.87. The minimum atomic E-state index is -0.569. The Morgan fingerprint density at radius 3 is 2.74 bits per heavy atom. The number of hydrogen-bond acceptors (Lipinski definition) is 8. The molecule has 4 aromatic rings. The Balaban J connectivity index is 1.80. The first-order valence-electron chi connectivity index (χ1n) is 7.89. The minimum Gasteiger partial charge on any atom is -0.494 e. The Labute approximate surface area is 162 Å². The van der Waals surface area contributed by atoms with Crippen LogP contribution in [-0.4, -0.2) is 35.3 Å². The van der Waals surface area contributed by atoms with Crippen LogP contribution in [0.2, 0.25) is 0 Å². The number of amides is 1. The number of fused-ring (bicyclic) bond motifs is 1. The molecule has 4 rings (SSSR count). The van der Waals surface area contributed by atoms with Gasteiger partial charge in [-0.2, -0.15) is 0 Å². The Morgan fingerprint density at radius 2 is 2.00 bits per heavy atom. The maximum absolute atomic E-state index is 11.5. The predicted molar refractivity (Wildman–Crippen MR) is 107 cm³/mol. The molecule has 0 spiro atoms. The van der Waals surface area contributed by atoms with E-state index in [1.54, 1.807) is 13.3 Å². The summed E-state index contributed by atoms with van der Waals surface area (Å²) in [4.78, 5) is 25.1. The van der Waals surface area contributed by atoms with Crippen LogP contribution in [0.4, 0.5) is 9.93 Å². The number of thiazole rings is 2. The summed E-state index contributed by atoms with van der Waals surface area (Å²) in [7, 11) is 2.90. The molecular weight excluding hydrogens is 384 g/mol. The molecule has 7 nitrogen and oxygen atoms in total. The second kappa shape index (κ2) is 7.29. The summed E-state index contributed by atoms with van der Waals surface area (Å²) in [5.41, 5.74) is 3.23. The number of benzene rings is 1. The van der Waals surface area contributed by atoms with E-state index in [0.717, 1.165) is 26.7 Å². The number of methoxy groups -OCH3 is 2. The van der Waals surface area contributed by atoms with Crippen molar-refractivity contribution in [2.24, 2.45) is 0 Å².